The van der Waals surface area contributed by atoms with Gasteiger partial charge in [-0.3, -0.25) is 14.2 Å². The largest absolute Gasteiger partial charge is 0.427 e. The van der Waals surface area contributed by atoms with Crippen LogP contribution in [0, 0.1) is 13.8 Å². The van der Waals surface area contributed by atoms with Gasteiger partial charge in [-0.1, -0.05) is 59.3 Å². The number of esters is 1. The number of amides is 1. The molecule has 0 aliphatic carbocycles. The molecule has 188 valence electrons. The van der Waals surface area contributed by atoms with Crippen LogP contribution >= 0.6 is 11.8 Å². The highest BCUT2D eigenvalue weighted by atomic mass is 32.2. The fourth-order valence-electron chi connectivity index (χ4n) is 3.48. The number of ether oxygens (including phenoxy) is 1. The molecule has 0 aliphatic heterocycles. The standard InChI is InChI=1S/C28H27N5O3S/c1-18-5-9-23(10-6-18)27-31-32-28(33(27)24-13-7-19(2)8-14-24)37-17-26(35)30-29-20(3)22-11-15-25(16-12-22)36-21(4)34/h5-16H,17H2,1-4H3,(H,30,35)/b29-20+. The van der Waals surface area contributed by atoms with E-state index in [1.165, 1.54) is 18.7 Å². The van der Waals surface area contributed by atoms with Gasteiger partial charge in [-0.15, -0.1) is 10.2 Å². The molecule has 0 atom stereocenters. The van der Waals surface area contributed by atoms with Crippen molar-refractivity contribution in [2.45, 2.75) is 32.9 Å². The molecule has 37 heavy (non-hydrogen) atoms. The molecule has 8 nitrogen and oxygen atoms in total. The average Bonchev–Trinajstić information content (AvgIpc) is 3.31. The van der Waals surface area contributed by atoms with Gasteiger partial charge >= 0.3 is 5.97 Å². The number of benzene rings is 3. The van der Waals surface area contributed by atoms with Gasteiger partial charge in [-0.25, -0.2) is 5.43 Å². The van der Waals surface area contributed by atoms with Gasteiger partial charge in [0.15, 0.2) is 11.0 Å². The fraction of sp³-hybridized carbons (Fsp3) is 0.179. The first kappa shape index (κ1) is 25.8. The Morgan fingerprint density at radius 1 is 0.892 bits per heavy atom. The molecule has 4 rings (SSSR count). The Balaban J connectivity index is 1.47. The van der Waals surface area contributed by atoms with E-state index in [2.05, 4.69) is 20.7 Å². The number of hydrogen-bond acceptors (Lipinski definition) is 7. The SMILES string of the molecule is CC(=O)Oc1ccc(/C(C)=N/NC(=O)CSc2nnc(-c3ccc(C)cc3)n2-c2ccc(C)cc2)cc1. The summed E-state index contributed by atoms with van der Waals surface area (Å²) in [6, 6.07) is 23.1. The maximum atomic E-state index is 12.6. The van der Waals surface area contributed by atoms with Crippen LogP contribution in [-0.2, 0) is 9.59 Å². The van der Waals surface area contributed by atoms with Crippen molar-refractivity contribution in [2.75, 3.05) is 5.75 Å². The number of aromatic nitrogens is 3. The smallest absolute Gasteiger partial charge is 0.308 e. The highest BCUT2D eigenvalue weighted by Gasteiger charge is 2.17. The summed E-state index contributed by atoms with van der Waals surface area (Å²) in [5.74, 6) is 0.619. The summed E-state index contributed by atoms with van der Waals surface area (Å²) in [4.78, 5) is 23.6. The van der Waals surface area contributed by atoms with Gasteiger partial charge in [0.05, 0.1) is 11.5 Å². The molecule has 1 heterocycles. The van der Waals surface area contributed by atoms with Crippen LogP contribution < -0.4 is 10.2 Å². The van der Waals surface area contributed by atoms with Crippen molar-refractivity contribution in [3.8, 4) is 22.8 Å². The van der Waals surface area contributed by atoms with Crippen molar-refractivity contribution < 1.29 is 14.3 Å². The molecule has 0 aliphatic rings. The second kappa shape index (κ2) is 11.7. The first-order chi connectivity index (χ1) is 17.8. The minimum atomic E-state index is -0.382. The van der Waals surface area contributed by atoms with E-state index < -0.39 is 0 Å². The molecule has 0 fully saturated rings. The third kappa shape index (κ3) is 6.71. The summed E-state index contributed by atoms with van der Waals surface area (Å²) in [6.45, 7) is 7.21. The number of hydrazone groups is 1. The minimum absolute atomic E-state index is 0.111. The van der Waals surface area contributed by atoms with E-state index in [1.807, 2.05) is 66.9 Å². The number of aryl methyl sites for hydroxylation is 2. The molecule has 0 radical (unpaired) electrons. The average molecular weight is 514 g/mol. The molecule has 1 amide bonds. The Morgan fingerprint density at radius 3 is 2.14 bits per heavy atom. The number of carbonyl (C=O) groups is 2. The molecule has 0 spiro atoms. The van der Waals surface area contributed by atoms with E-state index in [0.29, 0.717) is 22.4 Å². The van der Waals surface area contributed by atoms with Crippen molar-refractivity contribution in [1.82, 2.24) is 20.2 Å². The van der Waals surface area contributed by atoms with Crippen LogP contribution in [0.2, 0.25) is 0 Å². The van der Waals surface area contributed by atoms with E-state index >= 15 is 0 Å². The zero-order valence-electron chi connectivity index (χ0n) is 21.1. The monoisotopic (exact) mass is 513 g/mol. The quantitative estimate of drug-likeness (QED) is 0.116. The van der Waals surface area contributed by atoms with Gasteiger partial charge in [-0.05, 0) is 62.7 Å². The van der Waals surface area contributed by atoms with Gasteiger partial charge < -0.3 is 4.74 Å². The normalized spacial score (nSPS) is 11.3. The van der Waals surface area contributed by atoms with Crippen LogP contribution in [0.5, 0.6) is 5.75 Å². The molecular weight excluding hydrogens is 486 g/mol. The molecule has 0 bridgehead atoms. The zero-order valence-corrected chi connectivity index (χ0v) is 21.9. The number of thioether (sulfide) groups is 1. The van der Waals surface area contributed by atoms with E-state index in [1.54, 1.807) is 31.2 Å². The summed E-state index contributed by atoms with van der Waals surface area (Å²) < 4.78 is 7.00. The summed E-state index contributed by atoms with van der Waals surface area (Å²) in [7, 11) is 0. The first-order valence-electron chi connectivity index (χ1n) is 11.6. The summed E-state index contributed by atoms with van der Waals surface area (Å²) >= 11 is 1.29. The van der Waals surface area contributed by atoms with Gasteiger partial charge in [-0.2, -0.15) is 5.10 Å². The van der Waals surface area contributed by atoms with E-state index in [0.717, 1.165) is 27.9 Å². The van der Waals surface area contributed by atoms with Gasteiger partial charge in [0, 0.05) is 18.2 Å². The Bertz CT molecular complexity index is 1430. The molecule has 0 saturated heterocycles. The van der Waals surface area contributed by atoms with Crippen LogP contribution in [-0.4, -0.2) is 38.1 Å². The highest BCUT2D eigenvalue weighted by Crippen LogP contribution is 2.28. The molecule has 0 saturated carbocycles. The number of hydrogen-bond donors (Lipinski definition) is 1. The molecule has 0 unspecified atom stereocenters. The molecule has 9 heteroatoms. The number of nitrogens with one attached hydrogen (secondary N) is 1. The second-order valence-electron chi connectivity index (χ2n) is 8.48. The van der Waals surface area contributed by atoms with Gasteiger partial charge in [0.25, 0.3) is 5.91 Å². The first-order valence-corrected chi connectivity index (χ1v) is 12.6. The van der Waals surface area contributed by atoms with Gasteiger partial charge in [0.2, 0.25) is 0 Å². The van der Waals surface area contributed by atoms with Crippen LogP contribution in [0.1, 0.15) is 30.5 Å². The van der Waals surface area contributed by atoms with Crippen LogP contribution in [0.15, 0.2) is 83.1 Å². The lowest BCUT2D eigenvalue weighted by Crippen LogP contribution is -2.21. The maximum absolute atomic E-state index is 12.6. The van der Waals surface area contributed by atoms with Crippen molar-refractivity contribution in [3.05, 3.63) is 89.5 Å². The van der Waals surface area contributed by atoms with Crippen molar-refractivity contribution in [3.63, 3.8) is 0 Å². The Morgan fingerprint density at radius 2 is 1.51 bits per heavy atom. The van der Waals surface area contributed by atoms with Crippen molar-refractivity contribution in [1.29, 1.82) is 0 Å². The topological polar surface area (TPSA) is 98.5 Å². The Labute approximate surface area is 219 Å². The molecular formula is C28H27N5O3S. The van der Waals surface area contributed by atoms with Crippen LogP contribution in [0.3, 0.4) is 0 Å². The van der Waals surface area contributed by atoms with E-state index in [4.69, 9.17) is 4.74 Å². The molecule has 1 aromatic heterocycles. The third-order valence-electron chi connectivity index (χ3n) is 5.45. The Kier molecular flexibility index (Phi) is 8.15. The zero-order chi connectivity index (χ0) is 26.4. The van der Waals surface area contributed by atoms with Crippen molar-refractivity contribution in [2.24, 2.45) is 5.10 Å². The highest BCUT2D eigenvalue weighted by molar-refractivity contribution is 7.99. The predicted octanol–water partition coefficient (Wildman–Crippen LogP) is 5.11. The second-order valence-corrected chi connectivity index (χ2v) is 9.42. The van der Waals surface area contributed by atoms with Crippen LogP contribution in [0.25, 0.3) is 17.1 Å². The lowest BCUT2D eigenvalue weighted by atomic mass is 10.1. The fourth-order valence-corrected chi connectivity index (χ4v) is 4.23. The van der Waals surface area contributed by atoms with Crippen LogP contribution in [0.4, 0.5) is 0 Å². The number of nitrogens with zero attached hydrogens (tertiary/aromatic N) is 4. The summed E-state index contributed by atoms with van der Waals surface area (Å²) in [6.07, 6.45) is 0. The minimum Gasteiger partial charge on any atom is -0.427 e. The summed E-state index contributed by atoms with van der Waals surface area (Å²) in [5.41, 5.74) is 8.18. The van der Waals surface area contributed by atoms with Gasteiger partial charge in [0.1, 0.15) is 5.75 Å². The molecule has 1 N–H and O–H groups in total. The molecule has 3 aromatic carbocycles. The predicted molar refractivity (Wildman–Crippen MR) is 145 cm³/mol. The maximum Gasteiger partial charge on any atom is 0.308 e. The van der Waals surface area contributed by atoms with Crippen molar-refractivity contribution >= 4 is 29.4 Å². The summed E-state index contributed by atoms with van der Waals surface area (Å²) in [5, 5.41) is 13.6. The third-order valence-corrected chi connectivity index (χ3v) is 6.38. The lowest BCUT2D eigenvalue weighted by molar-refractivity contribution is -0.131. The van der Waals surface area contributed by atoms with E-state index in [-0.39, 0.29) is 17.6 Å². The number of carbonyl (C=O) groups excluding carboxylic acids is 2. The number of rotatable bonds is 8. The van der Waals surface area contributed by atoms with E-state index in [9.17, 15) is 9.59 Å². The molecule has 4 aromatic rings. The Hall–Kier alpha value is -4.24. The lowest BCUT2D eigenvalue weighted by Gasteiger charge is -2.11.